The third-order valence-corrected chi connectivity index (χ3v) is 1.51. The fourth-order valence-electron chi connectivity index (χ4n) is 0.876. The summed E-state index contributed by atoms with van der Waals surface area (Å²) in [4.78, 5) is 20.7. The SMILES string of the molecule is Nc1cc(C(=O)[O-])ccc1C(=O)[O-].[Fe+2]. The molecular formula is C8H5FeNO4. The number of carboxylic acid groups (broad SMARTS) is 2. The normalized spacial score (nSPS) is 8.86. The molecule has 1 aromatic carbocycles. The van der Waals surface area contributed by atoms with Crippen molar-refractivity contribution in [3.8, 4) is 0 Å². The standard InChI is InChI=1S/C8H7NO4.Fe/c9-6-3-4(7(10)11)1-2-5(6)8(12)13;/h1-3H,9H2,(H,10,11)(H,12,13);/q;+2/p-2. The molecule has 0 heterocycles. The predicted molar refractivity (Wildman–Crippen MR) is 39.5 cm³/mol. The van der Waals surface area contributed by atoms with E-state index in [1.54, 1.807) is 0 Å². The molecule has 0 unspecified atom stereocenters. The van der Waals surface area contributed by atoms with E-state index < -0.39 is 11.9 Å². The Hall–Kier alpha value is -1.52. The van der Waals surface area contributed by atoms with Crippen molar-refractivity contribution >= 4 is 17.6 Å². The molecular weight excluding hydrogens is 230 g/mol. The molecule has 2 N–H and O–H groups in total. The van der Waals surface area contributed by atoms with Gasteiger partial charge in [0.15, 0.2) is 0 Å². The summed E-state index contributed by atoms with van der Waals surface area (Å²) in [6.07, 6.45) is 0. The van der Waals surface area contributed by atoms with Gasteiger partial charge >= 0.3 is 17.1 Å². The second-order valence-electron chi connectivity index (χ2n) is 2.38. The summed E-state index contributed by atoms with van der Waals surface area (Å²) in [5.41, 5.74) is 4.70. The maximum Gasteiger partial charge on any atom is 2.00 e. The number of anilines is 1. The molecule has 1 rings (SSSR count). The molecule has 0 spiro atoms. The molecule has 0 bridgehead atoms. The van der Waals surface area contributed by atoms with Crippen LogP contribution in [-0.2, 0) is 17.1 Å². The number of carboxylic acids is 2. The average Bonchev–Trinajstić information content (AvgIpc) is 2.03. The van der Waals surface area contributed by atoms with Gasteiger partial charge in [0.05, 0.1) is 11.9 Å². The minimum Gasteiger partial charge on any atom is -0.545 e. The van der Waals surface area contributed by atoms with E-state index >= 15 is 0 Å². The smallest absolute Gasteiger partial charge is 0.545 e. The van der Waals surface area contributed by atoms with E-state index in [2.05, 4.69) is 0 Å². The third-order valence-electron chi connectivity index (χ3n) is 1.51. The van der Waals surface area contributed by atoms with Crippen molar-refractivity contribution in [2.24, 2.45) is 0 Å². The monoisotopic (exact) mass is 235 g/mol. The Morgan fingerprint density at radius 1 is 1.14 bits per heavy atom. The van der Waals surface area contributed by atoms with Crippen LogP contribution < -0.4 is 15.9 Å². The Kier molecular flexibility index (Phi) is 4.14. The minimum atomic E-state index is -1.44. The van der Waals surface area contributed by atoms with E-state index in [1.165, 1.54) is 0 Å². The van der Waals surface area contributed by atoms with Gasteiger partial charge in [-0.2, -0.15) is 0 Å². The molecule has 0 atom stereocenters. The largest absolute Gasteiger partial charge is 2.00 e. The number of nitrogens with two attached hydrogens (primary N) is 1. The number of carbonyl (C=O) groups excluding carboxylic acids is 2. The van der Waals surface area contributed by atoms with Crippen LogP contribution in [0.1, 0.15) is 20.7 Å². The number of hydrogen-bond acceptors (Lipinski definition) is 5. The molecule has 5 nitrogen and oxygen atoms in total. The van der Waals surface area contributed by atoms with Crippen LogP contribution in [0.15, 0.2) is 18.2 Å². The number of hydrogen-bond donors (Lipinski definition) is 1. The minimum absolute atomic E-state index is 0. The van der Waals surface area contributed by atoms with Crippen molar-refractivity contribution < 1.29 is 36.9 Å². The van der Waals surface area contributed by atoms with Crippen LogP contribution in [0, 0.1) is 0 Å². The zero-order valence-corrected chi connectivity index (χ0v) is 7.90. The van der Waals surface area contributed by atoms with E-state index in [1.807, 2.05) is 0 Å². The van der Waals surface area contributed by atoms with Crippen LogP contribution in [0.3, 0.4) is 0 Å². The van der Waals surface area contributed by atoms with Crippen LogP contribution in [0.5, 0.6) is 0 Å². The van der Waals surface area contributed by atoms with Gasteiger partial charge in [-0.25, -0.2) is 0 Å². The first kappa shape index (κ1) is 12.5. The van der Waals surface area contributed by atoms with Crippen LogP contribution in [0.25, 0.3) is 0 Å². The number of carbonyl (C=O) groups is 2. The molecule has 0 radical (unpaired) electrons. The van der Waals surface area contributed by atoms with E-state index in [0.29, 0.717) is 0 Å². The van der Waals surface area contributed by atoms with Gasteiger partial charge in [-0.15, -0.1) is 0 Å². The molecule has 0 aliphatic heterocycles. The molecule has 0 saturated carbocycles. The molecule has 0 amide bonds. The summed E-state index contributed by atoms with van der Waals surface area (Å²) in [6.45, 7) is 0. The third kappa shape index (κ3) is 2.48. The maximum absolute atomic E-state index is 10.3. The number of rotatable bonds is 2. The summed E-state index contributed by atoms with van der Waals surface area (Å²) in [7, 11) is 0. The molecule has 0 aliphatic rings. The first-order valence-electron chi connectivity index (χ1n) is 3.34. The predicted octanol–water partition coefficient (Wildman–Crippen LogP) is -2.01. The van der Waals surface area contributed by atoms with Crippen LogP contribution in [0.4, 0.5) is 5.69 Å². The van der Waals surface area contributed by atoms with E-state index in [0.717, 1.165) is 18.2 Å². The first-order valence-corrected chi connectivity index (χ1v) is 3.34. The fraction of sp³-hybridized carbons (Fsp3) is 0. The quantitative estimate of drug-likeness (QED) is 0.471. The van der Waals surface area contributed by atoms with Crippen LogP contribution >= 0.6 is 0 Å². The van der Waals surface area contributed by atoms with Gasteiger partial charge in [0.25, 0.3) is 0 Å². The molecule has 0 aromatic heterocycles. The number of nitrogen functional groups attached to an aromatic ring is 1. The average molecular weight is 235 g/mol. The summed E-state index contributed by atoms with van der Waals surface area (Å²) in [5, 5.41) is 20.7. The Morgan fingerprint density at radius 3 is 2.07 bits per heavy atom. The Balaban J connectivity index is 0.00000169. The first-order chi connectivity index (χ1) is 6.02. The van der Waals surface area contributed by atoms with Gasteiger partial charge in [-0.3, -0.25) is 0 Å². The van der Waals surface area contributed by atoms with Crippen molar-refractivity contribution in [1.82, 2.24) is 0 Å². The van der Waals surface area contributed by atoms with Gasteiger partial charge in [0.2, 0.25) is 0 Å². The summed E-state index contributed by atoms with van der Waals surface area (Å²) < 4.78 is 0. The number of benzene rings is 1. The van der Waals surface area contributed by atoms with E-state index in [9.17, 15) is 19.8 Å². The van der Waals surface area contributed by atoms with Crippen molar-refractivity contribution in [2.45, 2.75) is 0 Å². The van der Waals surface area contributed by atoms with Crippen molar-refractivity contribution in [1.29, 1.82) is 0 Å². The van der Waals surface area contributed by atoms with Gasteiger partial charge in [0.1, 0.15) is 0 Å². The van der Waals surface area contributed by atoms with Crippen molar-refractivity contribution in [3.05, 3.63) is 29.3 Å². The number of aromatic carboxylic acids is 2. The Labute approximate surface area is 90.0 Å². The molecule has 0 saturated heterocycles. The van der Waals surface area contributed by atoms with E-state index in [4.69, 9.17) is 5.73 Å². The van der Waals surface area contributed by atoms with Crippen molar-refractivity contribution in [2.75, 3.05) is 5.73 Å². The summed E-state index contributed by atoms with van der Waals surface area (Å²) in [5.74, 6) is -2.85. The van der Waals surface area contributed by atoms with Gasteiger partial charge < -0.3 is 25.5 Å². The molecule has 1 aromatic rings. The zero-order chi connectivity index (χ0) is 10.0. The second kappa shape index (κ2) is 4.64. The molecule has 0 fully saturated rings. The van der Waals surface area contributed by atoms with Crippen molar-refractivity contribution in [3.63, 3.8) is 0 Å². The Bertz CT molecular complexity index is 378. The molecule has 6 heteroatoms. The van der Waals surface area contributed by atoms with Crippen LogP contribution in [-0.4, -0.2) is 11.9 Å². The van der Waals surface area contributed by atoms with Crippen LogP contribution in [0.2, 0.25) is 0 Å². The summed E-state index contributed by atoms with van der Waals surface area (Å²) >= 11 is 0. The van der Waals surface area contributed by atoms with Gasteiger partial charge in [-0.05, 0) is 11.6 Å². The molecule has 0 aliphatic carbocycles. The van der Waals surface area contributed by atoms with E-state index in [-0.39, 0.29) is 33.9 Å². The van der Waals surface area contributed by atoms with Gasteiger partial charge in [0, 0.05) is 11.3 Å². The topological polar surface area (TPSA) is 106 Å². The molecule has 14 heavy (non-hydrogen) atoms. The molecule has 74 valence electrons. The fourth-order valence-corrected chi connectivity index (χ4v) is 0.876. The zero-order valence-electron chi connectivity index (χ0n) is 6.80. The summed E-state index contributed by atoms with van der Waals surface area (Å²) in [6, 6.07) is 3.17. The Morgan fingerprint density at radius 2 is 1.71 bits per heavy atom. The second-order valence-corrected chi connectivity index (χ2v) is 2.38. The van der Waals surface area contributed by atoms with Gasteiger partial charge in [-0.1, -0.05) is 12.1 Å². The maximum atomic E-state index is 10.3.